The number of aryl methyl sites for hydroxylation is 1. The quantitative estimate of drug-likeness (QED) is 0.881. The molecule has 0 bridgehead atoms. The molecule has 1 saturated heterocycles. The van der Waals surface area contributed by atoms with Crippen LogP contribution >= 0.6 is 0 Å². The molecule has 1 aliphatic heterocycles. The van der Waals surface area contributed by atoms with Crippen LogP contribution in [0.25, 0.3) is 5.69 Å². The summed E-state index contributed by atoms with van der Waals surface area (Å²) >= 11 is 0. The summed E-state index contributed by atoms with van der Waals surface area (Å²) in [7, 11) is -1.98. The Morgan fingerprint density at radius 3 is 2.54 bits per heavy atom. The lowest BCUT2D eigenvalue weighted by Gasteiger charge is -2.17. The summed E-state index contributed by atoms with van der Waals surface area (Å²) in [5.74, 6) is 0.0518. The van der Waals surface area contributed by atoms with Gasteiger partial charge in [0.05, 0.1) is 17.1 Å². The van der Waals surface area contributed by atoms with Crippen molar-refractivity contribution in [3.63, 3.8) is 0 Å². The Hall–Kier alpha value is -2.19. The van der Waals surface area contributed by atoms with Crippen molar-refractivity contribution in [2.24, 2.45) is 0 Å². The van der Waals surface area contributed by atoms with Gasteiger partial charge in [0.25, 0.3) is 0 Å². The smallest absolute Gasteiger partial charge is 0.244 e. The molecule has 140 valence electrons. The fourth-order valence-electron chi connectivity index (χ4n) is 3.34. The molecule has 26 heavy (non-hydrogen) atoms. The highest BCUT2D eigenvalue weighted by atomic mass is 32.2. The van der Waals surface area contributed by atoms with Gasteiger partial charge in [-0.1, -0.05) is 18.2 Å². The van der Waals surface area contributed by atoms with Crippen molar-refractivity contribution in [2.45, 2.75) is 44.0 Å². The predicted molar refractivity (Wildman–Crippen MR) is 98.6 cm³/mol. The van der Waals surface area contributed by atoms with Crippen LogP contribution in [0.15, 0.2) is 35.2 Å². The van der Waals surface area contributed by atoms with Crippen LogP contribution in [0.2, 0.25) is 0 Å². The molecule has 3 rings (SSSR count). The molecule has 1 N–H and O–H groups in total. The molecule has 1 aromatic heterocycles. The number of carbonyl (C=O) groups is 1. The normalized spacial score (nSPS) is 18.8. The van der Waals surface area contributed by atoms with Crippen molar-refractivity contribution in [3.8, 4) is 5.69 Å². The highest BCUT2D eigenvalue weighted by Gasteiger charge is 2.29. The van der Waals surface area contributed by atoms with E-state index in [1.54, 1.807) is 30.5 Å². The first-order valence-corrected chi connectivity index (χ1v) is 10.2. The Kier molecular flexibility index (Phi) is 5.15. The molecule has 1 atom stereocenters. The van der Waals surface area contributed by atoms with Crippen LogP contribution in [0.5, 0.6) is 0 Å². The lowest BCUT2D eigenvalue weighted by molar-refractivity contribution is -0.129. The number of carbonyl (C=O) groups excluding carboxylic acids is 1. The summed E-state index contributed by atoms with van der Waals surface area (Å²) in [5, 5.41) is 4.42. The van der Waals surface area contributed by atoms with Crippen LogP contribution in [0, 0.1) is 13.8 Å². The molecule has 2 heterocycles. The third kappa shape index (κ3) is 3.66. The summed E-state index contributed by atoms with van der Waals surface area (Å²) in [4.78, 5) is 13.7. The largest absolute Gasteiger partial charge is 0.346 e. The first-order valence-electron chi connectivity index (χ1n) is 8.67. The first kappa shape index (κ1) is 18.6. The Morgan fingerprint density at radius 1 is 1.15 bits per heavy atom. The fourth-order valence-corrected chi connectivity index (χ4v) is 5.04. The molecular formula is C18H24N4O3S. The maximum atomic E-state index is 13.0. The molecule has 1 unspecified atom stereocenters. The molecule has 1 fully saturated rings. The number of nitrogens with zero attached hydrogens (tertiary/aromatic N) is 3. The zero-order valence-corrected chi connectivity index (χ0v) is 16.1. The molecule has 8 heteroatoms. The zero-order valence-electron chi connectivity index (χ0n) is 15.3. The zero-order chi connectivity index (χ0) is 18.9. The number of benzene rings is 1. The molecule has 1 aliphatic rings. The number of para-hydroxylation sites is 1. The number of sulfonamides is 1. The van der Waals surface area contributed by atoms with E-state index in [9.17, 15) is 13.2 Å². The highest BCUT2D eigenvalue weighted by Crippen LogP contribution is 2.23. The van der Waals surface area contributed by atoms with E-state index in [1.807, 2.05) is 30.3 Å². The molecule has 0 aliphatic carbocycles. The number of rotatable bonds is 4. The van der Waals surface area contributed by atoms with Gasteiger partial charge < -0.3 is 4.90 Å². The van der Waals surface area contributed by atoms with Crippen LogP contribution in [0.3, 0.4) is 0 Å². The van der Waals surface area contributed by atoms with Crippen LogP contribution in [0.4, 0.5) is 0 Å². The van der Waals surface area contributed by atoms with Crippen LogP contribution in [-0.4, -0.2) is 48.6 Å². The van der Waals surface area contributed by atoms with E-state index in [-0.39, 0.29) is 16.8 Å². The first-order chi connectivity index (χ1) is 12.3. The average Bonchev–Trinajstić information content (AvgIpc) is 2.83. The molecule has 2 aromatic rings. The van der Waals surface area contributed by atoms with Gasteiger partial charge in [0.15, 0.2) is 0 Å². The van der Waals surface area contributed by atoms with E-state index in [0.29, 0.717) is 37.2 Å². The van der Waals surface area contributed by atoms with E-state index in [4.69, 9.17) is 0 Å². The van der Waals surface area contributed by atoms with E-state index in [0.717, 1.165) is 5.69 Å². The number of hydrogen-bond donors (Lipinski definition) is 1. The second kappa shape index (κ2) is 7.20. The van der Waals surface area contributed by atoms with Crippen molar-refractivity contribution in [1.29, 1.82) is 0 Å². The number of aromatic nitrogens is 2. The van der Waals surface area contributed by atoms with E-state index in [2.05, 4.69) is 9.82 Å². The lowest BCUT2D eigenvalue weighted by Crippen LogP contribution is -2.36. The maximum Gasteiger partial charge on any atom is 0.244 e. The Labute approximate surface area is 154 Å². The lowest BCUT2D eigenvalue weighted by atomic mass is 10.1. The van der Waals surface area contributed by atoms with Gasteiger partial charge in [-0.15, -0.1) is 0 Å². The fraction of sp³-hybridized carbons (Fsp3) is 0.444. The second-order valence-corrected chi connectivity index (χ2v) is 8.36. The minimum Gasteiger partial charge on any atom is -0.346 e. The minimum absolute atomic E-state index is 0.0518. The van der Waals surface area contributed by atoms with E-state index < -0.39 is 10.0 Å². The molecule has 0 saturated carbocycles. The standard InChI is InChI=1S/C18H24N4O3S/c1-13-18(14(2)22(19-13)16-7-5-4-6-8-16)26(24,25)20-15-9-10-17(23)21(3)12-11-15/h4-8,15,20H,9-12H2,1-3H3. The Bertz CT molecular complexity index is 906. The van der Waals surface area contributed by atoms with Crippen molar-refractivity contribution < 1.29 is 13.2 Å². The van der Waals surface area contributed by atoms with Crippen LogP contribution in [0.1, 0.15) is 30.7 Å². The van der Waals surface area contributed by atoms with Gasteiger partial charge in [0.2, 0.25) is 15.9 Å². The topological polar surface area (TPSA) is 84.3 Å². The molecule has 0 spiro atoms. The molecule has 0 radical (unpaired) electrons. The van der Waals surface area contributed by atoms with Gasteiger partial charge >= 0.3 is 0 Å². The maximum absolute atomic E-state index is 13.0. The summed E-state index contributed by atoms with van der Waals surface area (Å²) in [5.41, 5.74) is 1.85. The monoisotopic (exact) mass is 376 g/mol. The van der Waals surface area contributed by atoms with Gasteiger partial charge in [0.1, 0.15) is 4.90 Å². The second-order valence-electron chi connectivity index (χ2n) is 6.71. The third-order valence-corrected chi connectivity index (χ3v) is 6.53. The average molecular weight is 376 g/mol. The Morgan fingerprint density at radius 2 is 1.85 bits per heavy atom. The number of amides is 1. The molecule has 1 aromatic carbocycles. The molecular weight excluding hydrogens is 352 g/mol. The molecule has 7 nitrogen and oxygen atoms in total. The minimum atomic E-state index is -3.72. The van der Waals surface area contributed by atoms with Gasteiger partial charge in [-0.05, 0) is 38.8 Å². The SMILES string of the molecule is Cc1nn(-c2ccccc2)c(C)c1S(=O)(=O)NC1CCC(=O)N(C)CC1. The van der Waals surface area contributed by atoms with Crippen molar-refractivity contribution in [2.75, 3.05) is 13.6 Å². The number of likely N-dealkylation sites (tertiary alicyclic amines) is 1. The molecule has 1 amide bonds. The van der Waals surface area contributed by atoms with Gasteiger partial charge in [-0.3, -0.25) is 4.79 Å². The van der Waals surface area contributed by atoms with Gasteiger partial charge in [-0.2, -0.15) is 5.10 Å². The van der Waals surface area contributed by atoms with Crippen molar-refractivity contribution >= 4 is 15.9 Å². The van der Waals surface area contributed by atoms with Gasteiger partial charge in [0, 0.05) is 26.1 Å². The Balaban J connectivity index is 1.88. The van der Waals surface area contributed by atoms with Crippen molar-refractivity contribution in [1.82, 2.24) is 19.4 Å². The summed E-state index contributed by atoms with van der Waals surface area (Å²) < 4.78 is 30.4. The van der Waals surface area contributed by atoms with Gasteiger partial charge in [-0.25, -0.2) is 17.8 Å². The third-order valence-electron chi connectivity index (χ3n) is 4.76. The van der Waals surface area contributed by atoms with E-state index >= 15 is 0 Å². The summed E-state index contributed by atoms with van der Waals surface area (Å²) in [6.07, 6.45) is 1.46. The summed E-state index contributed by atoms with van der Waals surface area (Å²) in [6.45, 7) is 4.00. The highest BCUT2D eigenvalue weighted by molar-refractivity contribution is 7.89. The van der Waals surface area contributed by atoms with Crippen LogP contribution < -0.4 is 4.72 Å². The van der Waals surface area contributed by atoms with Crippen LogP contribution in [-0.2, 0) is 14.8 Å². The predicted octanol–water partition coefficient (Wildman–Crippen LogP) is 1.78. The van der Waals surface area contributed by atoms with Crippen molar-refractivity contribution in [3.05, 3.63) is 41.7 Å². The number of nitrogens with one attached hydrogen (secondary N) is 1. The van der Waals surface area contributed by atoms with E-state index in [1.165, 1.54) is 0 Å². The number of hydrogen-bond acceptors (Lipinski definition) is 4. The summed E-state index contributed by atoms with van der Waals surface area (Å²) in [6, 6.07) is 9.19.